The number of nitrogens with zero attached hydrogens (tertiary/aromatic N) is 3. The summed E-state index contributed by atoms with van der Waals surface area (Å²) in [5.74, 6) is 8.00. The number of ether oxygens (including phenoxy) is 1. The first-order valence-corrected chi connectivity index (χ1v) is 11.1. The predicted molar refractivity (Wildman–Crippen MR) is 115 cm³/mol. The topological polar surface area (TPSA) is 95.1 Å². The second kappa shape index (κ2) is 9.52. The first kappa shape index (κ1) is 21.5. The zero-order chi connectivity index (χ0) is 21.0. The molecule has 0 saturated heterocycles. The zero-order valence-electron chi connectivity index (χ0n) is 17.6. The van der Waals surface area contributed by atoms with Crippen LogP contribution >= 0.6 is 11.8 Å². The van der Waals surface area contributed by atoms with E-state index in [9.17, 15) is 4.79 Å². The first-order chi connectivity index (χ1) is 13.8. The van der Waals surface area contributed by atoms with Crippen LogP contribution in [0, 0.1) is 19.8 Å². The van der Waals surface area contributed by atoms with E-state index in [1.54, 1.807) is 0 Å². The maximum absolute atomic E-state index is 12.6. The molecule has 0 spiro atoms. The number of carbonyl (C=O) groups excluding carboxylic acids is 1. The number of hydrogen-bond acceptors (Lipinski definition) is 6. The molecule has 1 aromatic carbocycles. The molecule has 29 heavy (non-hydrogen) atoms. The number of hydrogen-bond donors (Lipinski definition) is 2. The fraction of sp³-hybridized carbons (Fsp3) is 0.571. The number of carbonyl (C=O) groups is 1. The predicted octanol–water partition coefficient (Wildman–Crippen LogP) is 3.36. The van der Waals surface area contributed by atoms with E-state index in [4.69, 9.17) is 10.6 Å². The number of thioether (sulfide) groups is 1. The summed E-state index contributed by atoms with van der Waals surface area (Å²) in [5.41, 5.74) is 2.25. The quantitative estimate of drug-likeness (QED) is 0.530. The van der Waals surface area contributed by atoms with Crippen LogP contribution in [0.4, 0.5) is 0 Å². The summed E-state index contributed by atoms with van der Waals surface area (Å²) in [6, 6.07) is 6.27. The third-order valence-electron chi connectivity index (χ3n) is 5.51. The van der Waals surface area contributed by atoms with Crippen LogP contribution in [0.15, 0.2) is 23.4 Å². The van der Waals surface area contributed by atoms with Gasteiger partial charge in [0.25, 0.3) is 0 Å². The summed E-state index contributed by atoms with van der Waals surface area (Å²) >= 11 is 1.31. The molecule has 7 nitrogen and oxygen atoms in total. The number of aromatic nitrogens is 3. The molecule has 0 radical (unpaired) electrons. The molecule has 8 heteroatoms. The summed E-state index contributed by atoms with van der Waals surface area (Å²) in [5, 5.41) is 11.7. The average Bonchev–Trinajstić information content (AvgIpc) is 3.02. The highest BCUT2D eigenvalue weighted by atomic mass is 32.2. The fourth-order valence-corrected chi connectivity index (χ4v) is 4.43. The van der Waals surface area contributed by atoms with Gasteiger partial charge in [-0.05, 0) is 51.2 Å². The van der Waals surface area contributed by atoms with Crippen LogP contribution < -0.4 is 15.9 Å². The largest absolute Gasteiger partial charge is 0.485 e. The summed E-state index contributed by atoms with van der Waals surface area (Å²) < 4.78 is 7.25. The van der Waals surface area contributed by atoms with Crippen LogP contribution in [0.3, 0.4) is 0 Å². The van der Waals surface area contributed by atoms with Gasteiger partial charge in [-0.1, -0.05) is 49.2 Å². The molecule has 3 N–H and O–H groups in total. The Bertz CT molecular complexity index is 854. The minimum absolute atomic E-state index is 0.0184. The fourth-order valence-electron chi connectivity index (χ4n) is 3.63. The van der Waals surface area contributed by atoms with Gasteiger partial charge in [0.15, 0.2) is 5.82 Å². The minimum atomic E-state index is -0.302. The van der Waals surface area contributed by atoms with Crippen LogP contribution in [0.1, 0.15) is 56.5 Å². The summed E-state index contributed by atoms with van der Waals surface area (Å²) in [4.78, 5) is 12.6. The van der Waals surface area contributed by atoms with Gasteiger partial charge in [0, 0.05) is 6.04 Å². The molecular weight excluding hydrogens is 386 g/mol. The Morgan fingerprint density at radius 1 is 1.34 bits per heavy atom. The Balaban J connectivity index is 1.56. The number of amides is 1. The molecule has 1 fully saturated rings. The van der Waals surface area contributed by atoms with Gasteiger partial charge in [0.2, 0.25) is 11.1 Å². The Hall–Kier alpha value is -2.22. The third kappa shape index (κ3) is 5.44. The van der Waals surface area contributed by atoms with Crippen molar-refractivity contribution in [3.63, 3.8) is 0 Å². The number of nitrogens with two attached hydrogens (primary N) is 1. The van der Waals surface area contributed by atoms with Gasteiger partial charge in [-0.3, -0.25) is 4.79 Å². The van der Waals surface area contributed by atoms with Crippen molar-refractivity contribution in [3.05, 3.63) is 35.2 Å². The molecule has 2 aromatic rings. The van der Waals surface area contributed by atoms with Gasteiger partial charge in [0.1, 0.15) is 12.4 Å². The van der Waals surface area contributed by atoms with E-state index in [1.807, 2.05) is 32.9 Å². The van der Waals surface area contributed by atoms with E-state index in [2.05, 4.69) is 28.5 Å². The summed E-state index contributed by atoms with van der Waals surface area (Å²) in [7, 11) is 0. The molecule has 0 unspecified atom stereocenters. The van der Waals surface area contributed by atoms with E-state index in [0.717, 1.165) is 17.7 Å². The normalized spacial score (nSPS) is 20.3. The van der Waals surface area contributed by atoms with Gasteiger partial charge < -0.3 is 15.9 Å². The van der Waals surface area contributed by atoms with Crippen molar-refractivity contribution in [1.82, 2.24) is 20.2 Å². The SMILES string of the molecule is Cc1ccc(OCc2nnc(S[C@H](C)C(=O)N[C@H]3CCCC[C@@H]3C)n2N)c(C)c1. The summed E-state index contributed by atoms with van der Waals surface area (Å²) in [6.07, 6.45) is 4.66. The van der Waals surface area contributed by atoms with E-state index in [1.165, 1.54) is 41.3 Å². The molecule has 158 valence electrons. The third-order valence-corrected chi connectivity index (χ3v) is 6.57. The molecule has 1 aliphatic rings. The molecule has 3 atom stereocenters. The van der Waals surface area contributed by atoms with Gasteiger partial charge in [0.05, 0.1) is 5.25 Å². The minimum Gasteiger partial charge on any atom is -0.485 e. The number of rotatable bonds is 7. The monoisotopic (exact) mass is 417 g/mol. The second-order valence-electron chi connectivity index (χ2n) is 7.96. The van der Waals surface area contributed by atoms with Crippen LogP contribution in [0.5, 0.6) is 5.75 Å². The molecule has 1 heterocycles. The number of nitrogens with one attached hydrogen (secondary N) is 1. The number of nitrogen functional groups attached to an aromatic ring is 1. The summed E-state index contributed by atoms with van der Waals surface area (Å²) in [6.45, 7) is 8.34. The molecule has 0 bridgehead atoms. The maximum Gasteiger partial charge on any atom is 0.233 e. The Morgan fingerprint density at radius 2 is 2.10 bits per heavy atom. The lowest BCUT2D eigenvalue weighted by Crippen LogP contribution is -2.44. The molecule has 3 rings (SSSR count). The van der Waals surface area contributed by atoms with Crippen molar-refractivity contribution in [2.45, 2.75) is 76.4 Å². The average molecular weight is 418 g/mol. The van der Waals surface area contributed by atoms with Gasteiger partial charge in [-0.2, -0.15) is 0 Å². The van der Waals surface area contributed by atoms with Gasteiger partial charge >= 0.3 is 0 Å². The van der Waals surface area contributed by atoms with E-state index < -0.39 is 0 Å². The van der Waals surface area contributed by atoms with Crippen molar-refractivity contribution < 1.29 is 9.53 Å². The van der Waals surface area contributed by atoms with Crippen molar-refractivity contribution in [2.24, 2.45) is 5.92 Å². The van der Waals surface area contributed by atoms with Crippen molar-refractivity contribution in [1.29, 1.82) is 0 Å². The van der Waals surface area contributed by atoms with E-state index >= 15 is 0 Å². The van der Waals surface area contributed by atoms with Crippen molar-refractivity contribution in [3.8, 4) is 5.75 Å². The van der Waals surface area contributed by atoms with E-state index in [0.29, 0.717) is 16.9 Å². The van der Waals surface area contributed by atoms with Crippen LogP contribution in [-0.4, -0.2) is 32.1 Å². The smallest absolute Gasteiger partial charge is 0.233 e. The lowest BCUT2D eigenvalue weighted by molar-refractivity contribution is -0.121. The highest BCUT2D eigenvalue weighted by Gasteiger charge is 2.26. The molecule has 1 amide bonds. The van der Waals surface area contributed by atoms with Crippen molar-refractivity contribution in [2.75, 3.05) is 5.84 Å². The Labute approximate surface area is 176 Å². The molecular formula is C21H31N5O2S. The number of benzene rings is 1. The van der Waals surface area contributed by atoms with Crippen LogP contribution in [0.25, 0.3) is 0 Å². The second-order valence-corrected chi connectivity index (χ2v) is 9.27. The zero-order valence-corrected chi connectivity index (χ0v) is 18.5. The number of aryl methyl sites for hydroxylation is 2. The van der Waals surface area contributed by atoms with Gasteiger partial charge in [-0.25, -0.2) is 4.68 Å². The molecule has 1 aliphatic carbocycles. The highest BCUT2D eigenvalue weighted by Crippen LogP contribution is 2.26. The highest BCUT2D eigenvalue weighted by molar-refractivity contribution is 8.00. The lowest BCUT2D eigenvalue weighted by atomic mass is 9.86. The Morgan fingerprint density at radius 3 is 2.83 bits per heavy atom. The van der Waals surface area contributed by atoms with E-state index in [-0.39, 0.29) is 23.8 Å². The molecule has 0 aliphatic heterocycles. The standard InChI is InChI=1S/C21H31N5O2S/c1-13-9-10-18(15(3)11-13)28-12-19-24-25-21(26(19)22)29-16(4)20(27)23-17-8-6-5-7-14(17)2/h9-11,14,16-17H,5-8,12,22H2,1-4H3,(H,23,27)/t14-,16+,17-/m0/s1. The van der Waals surface area contributed by atoms with Crippen LogP contribution in [0.2, 0.25) is 0 Å². The first-order valence-electron chi connectivity index (χ1n) is 10.2. The van der Waals surface area contributed by atoms with Gasteiger partial charge in [-0.15, -0.1) is 10.2 Å². The molecule has 1 saturated carbocycles. The molecule has 1 aromatic heterocycles. The van der Waals surface area contributed by atoms with Crippen LogP contribution in [-0.2, 0) is 11.4 Å². The van der Waals surface area contributed by atoms with Crippen molar-refractivity contribution >= 4 is 17.7 Å². The maximum atomic E-state index is 12.6. The lowest BCUT2D eigenvalue weighted by Gasteiger charge is -2.30. The Kier molecular flexibility index (Phi) is 7.05.